The highest BCUT2D eigenvalue weighted by molar-refractivity contribution is 5.33. The fourth-order valence-electron chi connectivity index (χ4n) is 2.47. The second kappa shape index (κ2) is 5.69. The van der Waals surface area contributed by atoms with Gasteiger partial charge in [-0.3, -0.25) is 9.69 Å². The molecule has 18 heavy (non-hydrogen) atoms. The molecular formula is C13H18N4O. The number of likely N-dealkylation sites (tertiary alicyclic amines) is 1. The van der Waals surface area contributed by atoms with Gasteiger partial charge in [0, 0.05) is 18.8 Å². The largest absolute Gasteiger partial charge is 0.394 e. The van der Waals surface area contributed by atoms with Crippen LogP contribution in [0.2, 0.25) is 0 Å². The molecule has 0 spiro atoms. The SMILES string of the molecule is [C-]#[N+]CCN1CCCC(n2cccc(N)c2=O)C1. The molecule has 5 heteroatoms. The fraction of sp³-hybridized carbons (Fsp3) is 0.538. The zero-order chi connectivity index (χ0) is 13.0. The number of hydrogen-bond donors (Lipinski definition) is 1. The molecule has 2 N–H and O–H groups in total. The van der Waals surface area contributed by atoms with E-state index in [9.17, 15) is 4.79 Å². The van der Waals surface area contributed by atoms with Crippen molar-refractivity contribution in [2.45, 2.75) is 18.9 Å². The smallest absolute Gasteiger partial charge is 0.273 e. The van der Waals surface area contributed by atoms with Gasteiger partial charge in [0.05, 0.1) is 12.2 Å². The molecule has 1 atom stereocenters. The molecule has 0 saturated carbocycles. The van der Waals surface area contributed by atoms with Gasteiger partial charge in [-0.25, -0.2) is 6.57 Å². The first-order valence-corrected chi connectivity index (χ1v) is 6.24. The molecule has 1 fully saturated rings. The van der Waals surface area contributed by atoms with Crippen LogP contribution in [-0.4, -0.2) is 35.6 Å². The average Bonchev–Trinajstić information content (AvgIpc) is 2.40. The van der Waals surface area contributed by atoms with Crippen molar-refractivity contribution in [1.82, 2.24) is 9.47 Å². The topological polar surface area (TPSA) is 55.6 Å². The quantitative estimate of drug-likeness (QED) is 0.809. The highest BCUT2D eigenvalue weighted by Gasteiger charge is 2.22. The molecule has 1 aromatic heterocycles. The van der Waals surface area contributed by atoms with E-state index in [0.717, 1.165) is 32.5 Å². The monoisotopic (exact) mass is 246 g/mol. The second-order valence-electron chi connectivity index (χ2n) is 4.65. The standard InChI is InChI=1S/C13H18N4O/c1-15-6-9-16-7-2-4-11(10-16)17-8-3-5-12(14)13(17)18/h3,5,8,11H,2,4,6-7,9-10,14H2. The normalized spacial score (nSPS) is 20.5. The van der Waals surface area contributed by atoms with Crippen LogP contribution in [0.25, 0.3) is 4.85 Å². The summed E-state index contributed by atoms with van der Waals surface area (Å²) in [4.78, 5) is 17.6. The van der Waals surface area contributed by atoms with E-state index in [0.29, 0.717) is 12.2 Å². The summed E-state index contributed by atoms with van der Waals surface area (Å²) in [7, 11) is 0. The maximum Gasteiger partial charge on any atom is 0.273 e. The van der Waals surface area contributed by atoms with E-state index >= 15 is 0 Å². The van der Waals surface area contributed by atoms with Crippen molar-refractivity contribution in [3.05, 3.63) is 40.1 Å². The summed E-state index contributed by atoms with van der Waals surface area (Å²) < 4.78 is 1.74. The minimum absolute atomic E-state index is 0.102. The van der Waals surface area contributed by atoms with Crippen molar-refractivity contribution in [1.29, 1.82) is 0 Å². The van der Waals surface area contributed by atoms with Crippen molar-refractivity contribution < 1.29 is 0 Å². The molecule has 1 aromatic rings. The maximum absolute atomic E-state index is 12.0. The summed E-state index contributed by atoms with van der Waals surface area (Å²) in [6.45, 7) is 9.99. The Kier molecular flexibility index (Phi) is 4.00. The van der Waals surface area contributed by atoms with Gasteiger partial charge in [-0.2, -0.15) is 0 Å². The molecule has 0 bridgehead atoms. The number of nitrogens with zero attached hydrogens (tertiary/aromatic N) is 3. The van der Waals surface area contributed by atoms with Gasteiger partial charge in [0.25, 0.3) is 5.56 Å². The van der Waals surface area contributed by atoms with Crippen molar-refractivity contribution >= 4 is 5.69 Å². The molecule has 0 amide bonds. The number of piperidine rings is 1. The molecule has 1 unspecified atom stereocenters. The summed E-state index contributed by atoms with van der Waals surface area (Å²) >= 11 is 0. The number of nitrogens with two attached hydrogens (primary N) is 1. The van der Waals surface area contributed by atoms with Crippen LogP contribution in [0.1, 0.15) is 18.9 Å². The van der Waals surface area contributed by atoms with Gasteiger partial charge in [0.1, 0.15) is 0 Å². The van der Waals surface area contributed by atoms with Crippen molar-refractivity contribution in [2.24, 2.45) is 0 Å². The van der Waals surface area contributed by atoms with Crippen LogP contribution < -0.4 is 11.3 Å². The number of aromatic nitrogens is 1. The van der Waals surface area contributed by atoms with Gasteiger partial charge < -0.3 is 15.1 Å². The molecule has 5 nitrogen and oxygen atoms in total. The first-order chi connectivity index (χ1) is 8.72. The third-order valence-corrected chi connectivity index (χ3v) is 3.41. The lowest BCUT2D eigenvalue weighted by Gasteiger charge is -2.32. The van der Waals surface area contributed by atoms with Crippen LogP contribution in [-0.2, 0) is 0 Å². The highest BCUT2D eigenvalue weighted by Crippen LogP contribution is 2.20. The van der Waals surface area contributed by atoms with Crippen LogP contribution in [0, 0.1) is 6.57 Å². The Bertz CT molecular complexity index is 502. The molecule has 1 saturated heterocycles. The summed E-state index contributed by atoms with van der Waals surface area (Å²) in [5.74, 6) is 0. The van der Waals surface area contributed by atoms with Gasteiger partial charge in [-0.05, 0) is 31.5 Å². The predicted molar refractivity (Wildman–Crippen MR) is 71.3 cm³/mol. The number of nitrogen functional groups attached to an aromatic ring is 1. The molecule has 1 aliphatic rings. The average molecular weight is 246 g/mol. The first kappa shape index (κ1) is 12.7. The number of hydrogen-bond acceptors (Lipinski definition) is 3. The van der Waals surface area contributed by atoms with Crippen molar-refractivity contribution in [3.8, 4) is 0 Å². The van der Waals surface area contributed by atoms with Crippen molar-refractivity contribution in [2.75, 3.05) is 31.9 Å². The van der Waals surface area contributed by atoms with Crippen LogP contribution in [0.15, 0.2) is 23.1 Å². The predicted octanol–water partition coefficient (Wildman–Crippen LogP) is 0.987. The summed E-state index contributed by atoms with van der Waals surface area (Å²) in [5, 5.41) is 0. The van der Waals surface area contributed by atoms with E-state index in [4.69, 9.17) is 12.3 Å². The molecule has 0 aromatic carbocycles. The van der Waals surface area contributed by atoms with E-state index in [1.165, 1.54) is 0 Å². The third-order valence-electron chi connectivity index (χ3n) is 3.41. The Labute approximate surface area is 107 Å². The minimum atomic E-state index is -0.102. The van der Waals surface area contributed by atoms with Gasteiger partial charge >= 0.3 is 0 Å². The van der Waals surface area contributed by atoms with Gasteiger partial charge in [0.2, 0.25) is 6.54 Å². The summed E-state index contributed by atoms with van der Waals surface area (Å²) in [5.41, 5.74) is 5.85. The van der Waals surface area contributed by atoms with Gasteiger partial charge in [-0.15, -0.1) is 0 Å². The minimum Gasteiger partial charge on any atom is -0.394 e. The highest BCUT2D eigenvalue weighted by atomic mass is 16.1. The van der Waals surface area contributed by atoms with Crippen LogP contribution >= 0.6 is 0 Å². The Hall–Kier alpha value is -1.80. The maximum atomic E-state index is 12.0. The molecule has 96 valence electrons. The van der Waals surface area contributed by atoms with Crippen molar-refractivity contribution in [3.63, 3.8) is 0 Å². The van der Waals surface area contributed by atoms with Crippen LogP contribution in [0.3, 0.4) is 0 Å². The molecule has 1 aliphatic heterocycles. The van der Waals surface area contributed by atoms with E-state index in [-0.39, 0.29) is 11.6 Å². The van der Waals surface area contributed by atoms with E-state index in [2.05, 4.69) is 9.74 Å². The molecule has 0 aliphatic carbocycles. The molecule has 0 radical (unpaired) electrons. The lowest BCUT2D eigenvalue weighted by Crippen LogP contribution is -2.40. The molecular weight excluding hydrogens is 228 g/mol. The van der Waals surface area contributed by atoms with Gasteiger partial charge in [-0.1, -0.05) is 0 Å². The Morgan fingerprint density at radius 1 is 1.56 bits per heavy atom. The number of pyridine rings is 1. The lowest BCUT2D eigenvalue weighted by molar-refractivity contribution is 0.182. The summed E-state index contributed by atoms with van der Waals surface area (Å²) in [6, 6.07) is 3.63. The number of rotatable bonds is 3. The second-order valence-corrected chi connectivity index (χ2v) is 4.65. The fourth-order valence-corrected chi connectivity index (χ4v) is 2.47. The summed E-state index contributed by atoms with van der Waals surface area (Å²) in [6.07, 6.45) is 3.86. The van der Waals surface area contributed by atoms with Gasteiger partial charge in [0.15, 0.2) is 0 Å². The van der Waals surface area contributed by atoms with E-state index < -0.39 is 0 Å². The van der Waals surface area contributed by atoms with Crippen LogP contribution in [0.4, 0.5) is 5.69 Å². The Morgan fingerprint density at radius 2 is 2.39 bits per heavy atom. The Balaban J connectivity index is 2.11. The first-order valence-electron chi connectivity index (χ1n) is 6.24. The van der Waals surface area contributed by atoms with Crippen LogP contribution in [0.5, 0.6) is 0 Å². The Morgan fingerprint density at radius 3 is 3.17 bits per heavy atom. The third kappa shape index (κ3) is 2.71. The molecule has 2 heterocycles. The molecule has 2 rings (SSSR count). The number of anilines is 1. The van der Waals surface area contributed by atoms with E-state index in [1.807, 2.05) is 12.3 Å². The lowest BCUT2D eigenvalue weighted by atomic mass is 10.1. The van der Waals surface area contributed by atoms with E-state index in [1.54, 1.807) is 10.6 Å². The zero-order valence-electron chi connectivity index (χ0n) is 10.4. The zero-order valence-corrected chi connectivity index (χ0v) is 10.4.